The van der Waals surface area contributed by atoms with Crippen LogP contribution in [0.4, 0.5) is 18.0 Å². The molecule has 2 amide bonds. The first-order valence-corrected chi connectivity index (χ1v) is 8.56. The molecule has 0 spiro atoms. The zero-order chi connectivity index (χ0) is 18.9. The summed E-state index contributed by atoms with van der Waals surface area (Å²) in [5, 5.41) is 10.7. The van der Waals surface area contributed by atoms with Gasteiger partial charge in [-0.1, -0.05) is 0 Å². The lowest BCUT2D eigenvalue weighted by Crippen LogP contribution is -2.54. The largest absolute Gasteiger partial charge is 0.481 e. The van der Waals surface area contributed by atoms with E-state index in [1.807, 2.05) is 0 Å². The van der Waals surface area contributed by atoms with Gasteiger partial charge in [-0.15, -0.1) is 0 Å². The Morgan fingerprint density at radius 1 is 1.38 bits per heavy atom. The predicted molar refractivity (Wildman–Crippen MR) is 77.8 cm³/mol. The van der Waals surface area contributed by atoms with E-state index >= 15 is 0 Å². The first kappa shape index (κ1) is 20.5. The summed E-state index contributed by atoms with van der Waals surface area (Å²) >= 11 is 0. The second-order valence-electron chi connectivity index (χ2n) is 6.14. The third kappa shape index (κ3) is 4.72. The number of hydrogen-bond acceptors (Lipinski definition) is 4. The Bertz CT molecular complexity index is 608. The first-order chi connectivity index (χ1) is 10.7. The number of amides is 2. The van der Waals surface area contributed by atoms with Gasteiger partial charge in [0.2, 0.25) is 10.0 Å². The molecule has 0 radical (unpaired) electrons. The van der Waals surface area contributed by atoms with E-state index < -0.39 is 45.4 Å². The highest BCUT2D eigenvalue weighted by Crippen LogP contribution is 2.30. The Labute approximate surface area is 137 Å². The van der Waals surface area contributed by atoms with Gasteiger partial charge in [0.1, 0.15) is 6.04 Å². The van der Waals surface area contributed by atoms with E-state index in [0.717, 1.165) is 19.0 Å². The number of halogens is 3. The number of hydrogen-bond donors (Lipinski definition) is 2. The quantitative estimate of drug-likeness (QED) is 0.719. The highest BCUT2D eigenvalue weighted by Gasteiger charge is 2.47. The normalized spacial score (nSPS) is 23.4. The maximum absolute atomic E-state index is 13.0. The highest BCUT2D eigenvalue weighted by atomic mass is 32.2. The van der Waals surface area contributed by atoms with Crippen LogP contribution in [0, 0.1) is 5.41 Å². The van der Waals surface area contributed by atoms with Gasteiger partial charge >= 0.3 is 18.2 Å². The van der Waals surface area contributed by atoms with E-state index in [1.165, 1.54) is 6.92 Å². The molecular weight excluding hydrogens is 355 g/mol. The molecular formula is C12H20F3N3O5S. The molecule has 1 heterocycles. The number of carbonyl (C=O) groups is 2. The summed E-state index contributed by atoms with van der Waals surface area (Å²) in [6.45, 7) is 1.11. The molecule has 24 heavy (non-hydrogen) atoms. The molecule has 8 nitrogen and oxygen atoms in total. The number of aliphatic carboxylic acids is 1. The van der Waals surface area contributed by atoms with E-state index in [0.29, 0.717) is 4.31 Å². The fourth-order valence-corrected chi connectivity index (χ4v) is 3.12. The van der Waals surface area contributed by atoms with Crippen molar-refractivity contribution in [2.24, 2.45) is 5.41 Å². The number of rotatable bonds is 5. The molecule has 0 aromatic rings. The van der Waals surface area contributed by atoms with Crippen LogP contribution in [0.1, 0.15) is 13.3 Å². The summed E-state index contributed by atoms with van der Waals surface area (Å²) in [5.41, 5.74) is -1.24. The molecule has 1 saturated heterocycles. The van der Waals surface area contributed by atoms with Gasteiger partial charge in [-0.2, -0.15) is 13.2 Å². The van der Waals surface area contributed by atoms with E-state index in [-0.39, 0.29) is 19.5 Å². The minimum Gasteiger partial charge on any atom is -0.481 e. The van der Waals surface area contributed by atoms with Crippen molar-refractivity contribution in [1.29, 1.82) is 0 Å². The summed E-state index contributed by atoms with van der Waals surface area (Å²) in [7, 11) is -2.03. The van der Waals surface area contributed by atoms with Gasteiger partial charge in [0.25, 0.3) is 0 Å². The smallest absolute Gasteiger partial charge is 0.409 e. The molecule has 1 aliphatic rings. The zero-order valence-electron chi connectivity index (χ0n) is 13.4. The Morgan fingerprint density at radius 2 is 1.92 bits per heavy atom. The topological polar surface area (TPSA) is 107 Å². The maximum Gasteiger partial charge on any atom is 0.409 e. The molecule has 0 aliphatic carbocycles. The van der Waals surface area contributed by atoms with Crippen molar-refractivity contribution in [3.63, 3.8) is 0 Å². The summed E-state index contributed by atoms with van der Waals surface area (Å²) in [6, 6.07) is -3.73. The van der Waals surface area contributed by atoms with Crippen LogP contribution >= 0.6 is 0 Å². The minimum atomic E-state index is -4.96. The predicted octanol–water partition coefficient (Wildman–Crippen LogP) is 0.315. The summed E-state index contributed by atoms with van der Waals surface area (Å²) < 4.78 is 63.1. The lowest BCUT2D eigenvalue weighted by molar-refractivity contribution is -0.149. The number of carboxylic acids is 1. The third-order valence-corrected chi connectivity index (χ3v) is 5.77. The SMILES string of the molecule is CN(C)S(=O)(=O)CC(NC(=O)N1CCC(C)(C(=O)O)C1)C(F)(F)F. The van der Waals surface area contributed by atoms with E-state index in [4.69, 9.17) is 5.11 Å². The van der Waals surface area contributed by atoms with Crippen molar-refractivity contribution in [1.82, 2.24) is 14.5 Å². The molecule has 2 N–H and O–H groups in total. The molecule has 140 valence electrons. The molecule has 1 aliphatic heterocycles. The van der Waals surface area contributed by atoms with E-state index in [9.17, 15) is 31.2 Å². The number of carbonyl (C=O) groups excluding carboxylic acids is 1. The zero-order valence-corrected chi connectivity index (χ0v) is 14.2. The minimum absolute atomic E-state index is 0.0281. The fourth-order valence-electron chi connectivity index (χ4n) is 2.13. The van der Waals surface area contributed by atoms with Crippen molar-refractivity contribution in [3.8, 4) is 0 Å². The van der Waals surface area contributed by atoms with Crippen LogP contribution in [0.25, 0.3) is 0 Å². The van der Waals surface area contributed by atoms with Gasteiger partial charge in [-0.05, 0) is 13.3 Å². The van der Waals surface area contributed by atoms with Crippen molar-refractivity contribution < 1.29 is 36.3 Å². The summed E-state index contributed by atoms with van der Waals surface area (Å²) in [5.74, 6) is -2.49. The van der Waals surface area contributed by atoms with Gasteiger partial charge in [-0.25, -0.2) is 17.5 Å². The molecule has 1 rings (SSSR count). The molecule has 0 bridgehead atoms. The van der Waals surface area contributed by atoms with Gasteiger partial charge in [0.05, 0.1) is 11.2 Å². The second kappa shape index (κ2) is 6.75. The number of likely N-dealkylation sites (tertiary alicyclic amines) is 1. The lowest BCUT2D eigenvalue weighted by Gasteiger charge is -2.26. The van der Waals surface area contributed by atoms with Crippen molar-refractivity contribution in [3.05, 3.63) is 0 Å². The fraction of sp³-hybridized carbons (Fsp3) is 0.833. The van der Waals surface area contributed by atoms with Crippen LogP contribution in [-0.4, -0.2) is 79.9 Å². The molecule has 0 aromatic heterocycles. The first-order valence-electron chi connectivity index (χ1n) is 6.95. The molecule has 12 heteroatoms. The van der Waals surface area contributed by atoms with Crippen LogP contribution in [0.2, 0.25) is 0 Å². The van der Waals surface area contributed by atoms with Crippen LogP contribution < -0.4 is 5.32 Å². The Kier molecular flexibility index (Phi) is 5.76. The average molecular weight is 375 g/mol. The van der Waals surface area contributed by atoms with Crippen LogP contribution in [-0.2, 0) is 14.8 Å². The van der Waals surface area contributed by atoms with Crippen molar-refractivity contribution in [2.75, 3.05) is 32.9 Å². The van der Waals surface area contributed by atoms with Gasteiger partial charge in [0.15, 0.2) is 0 Å². The van der Waals surface area contributed by atoms with Crippen LogP contribution in [0.3, 0.4) is 0 Å². The highest BCUT2D eigenvalue weighted by molar-refractivity contribution is 7.89. The lowest BCUT2D eigenvalue weighted by atomic mass is 9.90. The number of nitrogens with zero attached hydrogens (tertiary/aromatic N) is 2. The third-order valence-electron chi connectivity index (χ3n) is 3.90. The average Bonchev–Trinajstić information content (AvgIpc) is 2.80. The van der Waals surface area contributed by atoms with Crippen molar-refractivity contribution in [2.45, 2.75) is 25.6 Å². The van der Waals surface area contributed by atoms with Gasteiger partial charge in [0, 0.05) is 27.2 Å². The second-order valence-corrected chi connectivity index (χ2v) is 8.37. The van der Waals surface area contributed by atoms with Crippen molar-refractivity contribution >= 4 is 22.0 Å². The Morgan fingerprint density at radius 3 is 2.29 bits per heavy atom. The van der Waals surface area contributed by atoms with Gasteiger partial charge in [-0.3, -0.25) is 4.79 Å². The number of sulfonamides is 1. The Hall–Kier alpha value is -1.56. The van der Waals surface area contributed by atoms with E-state index in [1.54, 1.807) is 5.32 Å². The number of alkyl halides is 3. The Balaban J connectivity index is 2.86. The monoisotopic (exact) mass is 375 g/mol. The molecule has 2 atom stereocenters. The summed E-state index contributed by atoms with van der Waals surface area (Å²) in [6.07, 6.45) is -4.86. The molecule has 2 unspecified atom stereocenters. The number of urea groups is 1. The van der Waals surface area contributed by atoms with Crippen LogP contribution in [0.15, 0.2) is 0 Å². The number of carboxylic acid groups (broad SMARTS) is 1. The maximum atomic E-state index is 13.0. The van der Waals surface area contributed by atoms with E-state index in [2.05, 4.69) is 0 Å². The standard InChI is InChI=1S/C12H20F3N3O5S/c1-11(9(19)20)4-5-18(7-11)10(21)16-8(12(13,14)15)6-24(22,23)17(2)3/h8H,4-7H2,1-3H3,(H,16,21)(H,19,20). The van der Waals surface area contributed by atoms with Gasteiger partial charge < -0.3 is 15.3 Å². The molecule has 0 saturated carbocycles. The van der Waals surface area contributed by atoms with Crippen LogP contribution in [0.5, 0.6) is 0 Å². The summed E-state index contributed by atoms with van der Waals surface area (Å²) in [4.78, 5) is 24.0. The number of nitrogens with one attached hydrogen (secondary N) is 1. The molecule has 0 aromatic carbocycles. The molecule has 1 fully saturated rings.